The Morgan fingerprint density at radius 1 is 0.246 bits per heavy atom. The molecule has 10 rings (SSSR count). The molecule has 0 bridgehead atoms. The molecule has 2 heterocycles. The largest absolute Gasteiger partial charge is 2.00 e. The maximum Gasteiger partial charge on any atom is 2.00 e. The Labute approximate surface area is 740 Å². The first-order valence-electron chi connectivity index (χ1n) is 46.4. The smallest absolute Gasteiger partial charge is 0.493 e. The van der Waals surface area contributed by atoms with Crippen molar-refractivity contribution < 1.29 is 52.6 Å². The van der Waals surface area contributed by atoms with E-state index in [4.69, 9.17) is 10.2 Å². The van der Waals surface area contributed by atoms with Crippen molar-refractivity contribution in [2.24, 2.45) is 0 Å². The third kappa shape index (κ3) is 41.4. The molecule has 0 radical (unpaired) electrons. The topological polar surface area (TPSA) is 91.1 Å². The molecule has 0 fully saturated rings. The summed E-state index contributed by atoms with van der Waals surface area (Å²) in [5, 5.41) is 17.1. The Morgan fingerprint density at radius 3 is 0.746 bits per heavy atom. The van der Waals surface area contributed by atoms with Crippen molar-refractivity contribution >= 4 is 22.8 Å². The summed E-state index contributed by atoms with van der Waals surface area (Å²) >= 11 is 0. The predicted molar refractivity (Wildman–Crippen MR) is 501 cm³/mol. The van der Waals surface area contributed by atoms with Gasteiger partial charge in [0.05, 0.1) is 13.2 Å². The van der Waals surface area contributed by atoms with Crippen molar-refractivity contribution in [1.29, 1.82) is 0 Å². The fourth-order valence-corrected chi connectivity index (χ4v) is 15.3. The Bertz CT molecular complexity index is 3930. The Kier molecular flexibility index (Phi) is 60.1. The second kappa shape index (κ2) is 67.5. The Balaban J connectivity index is 0.000000443. The van der Waals surface area contributed by atoms with Crippen LogP contribution >= 0.6 is 0 Å². The molecule has 8 aromatic rings. The van der Waals surface area contributed by atoms with Gasteiger partial charge in [0.2, 0.25) is 22.8 Å². The van der Waals surface area contributed by atoms with Crippen LogP contribution in [0.2, 0.25) is 0 Å². The number of nitrogens with zero attached hydrogens (tertiary/aromatic N) is 4. The van der Waals surface area contributed by atoms with Gasteiger partial charge < -0.3 is 21.3 Å². The quantitative estimate of drug-likeness (QED) is 0.0172. The molecular formula is C110H154N4Ni2O2. The van der Waals surface area contributed by atoms with Crippen LogP contribution in [-0.2, 0) is 71.9 Å². The van der Waals surface area contributed by atoms with Crippen LogP contribution in [0.5, 0.6) is 0 Å². The number of benzene rings is 8. The van der Waals surface area contributed by atoms with Gasteiger partial charge in [-0.05, 0) is 185 Å². The molecule has 0 unspecified atom stereocenters. The summed E-state index contributed by atoms with van der Waals surface area (Å²) in [4.78, 5) is 0. The molecule has 2 aliphatic heterocycles. The average Bonchev–Trinajstić information content (AvgIpc) is 1.62. The van der Waals surface area contributed by atoms with Gasteiger partial charge in [-0.25, -0.2) is 9.39 Å². The van der Waals surface area contributed by atoms with Gasteiger partial charge in [0.1, 0.15) is 0 Å². The Hall–Kier alpha value is -7.17. The fraction of sp³-hybridized carbons (Fsp3) is 0.491. The van der Waals surface area contributed by atoms with E-state index in [1.54, 1.807) is 9.39 Å². The summed E-state index contributed by atoms with van der Waals surface area (Å²) in [6.07, 6.45) is 52.0. The van der Waals surface area contributed by atoms with E-state index >= 15 is 0 Å². The van der Waals surface area contributed by atoms with Crippen LogP contribution in [0.1, 0.15) is 366 Å². The van der Waals surface area contributed by atoms with Gasteiger partial charge in [0, 0.05) is 61.0 Å². The number of aliphatic hydroxyl groups excluding tert-OH is 2. The maximum absolute atomic E-state index is 12.2. The van der Waals surface area contributed by atoms with Crippen molar-refractivity contribution in [3.8, 4) is 0 Å². The van der Waals surface area contributed by atoms with Crippen LogP contribution in [0.25, 0.3) is 33.9 Å². The van der Waals surface area contributed by atoms with Gasteiger partial charge in [-0.2, -0.15) is 71.8 Å². The molecule has 0 aromatic heterocycles. The summed E-state index contributed by atoms with van der Waals surface area (Å²) in [5.41, 5.74) is 48.5. The van der Waals surface area contributed by atoms with E-state index in [9.17, 15) is 11.1 Å². The van der Waals surface area contributed by atoms with Gasteiger partial charge in [0.25, 0.3) is 0 Å². The summed E-state index contributed by atoms with van der Waals surface area (Å²) in [6.45, 7) is 22.6. The number of hydrogen-bond acceptors (Lipinski definition) is 2. The van der Waals surface area contributed by atoms with Gasteiger partial charge in [-0.15, -0.1) is 0 Å². The summed E-state index contributed by atoms with van der Waals surface area (Å²) in [5.74, 6) is 0. The van der Waals surface area contributed by atoms with Crippen LogP contribution in [0.15, 0.2) is 229 Å². The molecule has 0 saturated heterocycles. The van der Waals surface area contributed by atoms with E-state index in [1.165, 1.54) is 285 Å². The van der Waals surface area contributed by atoms with Gasteiger partial charge in [0.15, 0.2) is 0 Å². The van der Waals surface area contributed by atoms with Crippen molar-refractivity contribution in [3.63, 3.8) is 0 Å². The zero-order valence-electron chi connectivity index (χ0n) is 75.1. The average molecular weight is 1680 g/mol. The van der Waals surface area contributed by atoms with E-state index < -0.39 is 0 Å². The molecule has 118 heavy (non-hydrogen) atoms. The van der Waals surface area contributed by atoms with Crippen LogP contribution in [0, 0.1) is 26.0 Å². The minimum Gasteiger partial charge on any atom is -0.493 e. The fourth-order valence-electron chi connectivity index (χ4n) is 15.3. The summed E-state index contributed by atoms with van der Waals surface area (Å²) < 4.78 is 3.16. The summed E-state index contributed by atoms with van der Waals surface area (Å²) in [6, 6.07) is 77.0. The normalized spacial score (nSPS) is 12.1. The monoisotopic (exact) mass is 1680 g/mol. The number of unbranched alkanes of at least 4 members (excludes halogenated alkanes) is 26. The molecule has 2 aliphatic rings. The minimum atomic E-state index is 0. The van der Waals surface area contributed by atoms with Crippen molar-refractivity contribution in [1.82, 2.24) is 0 Å². The molecule has 0 saturated carbocycles. The zero-order valence-corrected chi connectivity index (χ0v) is 77.0. The molecule has 8 heteroatoms. The number of aryl methyl sites for hydroxylation is 6. The molecule has 6 nitrogen and oxygen atoms in total. The van der Waals surface area contributed by atoms with Crippen molar-refractivity contribution in [3.05, 3.63) is 319 Å². The first-order valence-corrected chi connectivity index (χ1v) is 46.4. The number of allylic oxidation sites excluding steroid dienone is 4. The minimum absolute atomic E-state index is 0. The molecule has 0 amide bonds. The maximum atomic E-state index is 12.2. The van der Waals surface area contributed by atoms with E-state index in [0.29, 0.717) is 0 Å². The number of aliphatic hydroxyl groups is 2. The molecule has 646 valence electrons. The van der Waals surface area contributed by atoms with Crippen LogP contribution in [-0.4, -0.2) is 19.6 Å². The van der Waals surface area contributed by atoms with Crippen LogP contribution in [0.4, 0.5) is 0 Å². The Morgan fingerprint density at radius 2 is 0.483 bits per heavy atom. The molecule has 0 aliphatic carbocycles. The third-order valence-corrected chi connectivity index (χ3v) is 22.3. The predicted octanol–water partition coefficient (Wildman–Crippen LogP) is 32.8. The molecule has 0 spiro atoms. The van der Waals surface area contributed by atoms with E-state index in [2.05, 4.69) is 178 Å². The standard InChI is InChI=1S/C44H68N2.C38H56N2.2C7H8O.2C7H7.2Ni/c1-5-9-13-16-19-22-27-38-28-25-29-40(36-38)44-42(31-24-21-18-15-11-7-3)41(30-23-20-17-14-10-6-2)43(46(44)45)39-34-32-37(33-35-39)26-12-8-4;1-5-9-13-14-15-18-21-32-22-19-23-34(30-32)38-36(25-17-11-7-3)35(24-16-10-6-2)37(40(38)39)33-28-26-31(27-29-33)20-12-8-4;2*8-6-7-4-2-1-3-5-7;2*1-7-5-3-2-4-6-7;;/h25,28-29,32-36H,5-24,26-27,30-31H2,1-4H3;19,22-23,26-30H,5-18,20-21,24-25H2,1-4H3;2*1-5,8H,6H2;2*3-6H,1H3;;/q;;;;2*-1;;+2. The SMILES string of the molecule is CCCCCCCCC1=C(c2ccc(CCCC)cc2)[N+](=[N-])C(c2cccc(CCCCCCCC)c2)=C1CCCCCCCC.CCCCCCCCc1cccc(C2=C(CCCCC)C(CCCCC)=C(c3ccc(CCCC)cc3)[N+]2=[N-])c1.Cc1cc[c-]cc1.Cc1cc[c-]cc1.OCc1ccccc1.OCc1ccccc1.[Ni+2].[Ni]. The first kappa shape index (κ1) is 105. The number of hydrogen-bond donors (Lipinski definition) is 2. The van der Waals surface area contributed by atoms with E-state index in [0.717, 1.165) is 96.4 Å². The van der Waals surface area contributed by atoms with Gasteiger partial charge in [-0.1, -0.05) is 345 Å². The zero-order chi connectivity index (χ0) is 83.3. The molecular weight excluding hydrogens is 1530 g/mol. The number of rotatable bonds is 48. The molecule has 2 N–H and O–H groups in total. The van der Waals surface area contributed by atoms with Crippen molar-refractivity contribution in [2.75, 3.05) is 0 Å². The summed E-state index contributed by atoms with van der Waals surface area (Å²) in [7, 11) is 0. The second-order valence-electron chi connectivity index (χ2n) is 32.4. The van der Waals surface area contributed by atoms with Crippen molar-refractivity contribution in [2.45, 2.75) is 352 Å². The van der Waals surface area contributed by atoms with E-state index in [1.807, 2.05) is 109 Å². The second-order valence-corrected chi connectivity index (χ2v) is 32.4. The first-order chi connectivity index (χ1) is 56.9. The van der Waals surface area contributed by atoms with Crippen LogP contribution in [0.3, 0.4) is 0 Å². The van der Waals surface area contributed by atoms with Gasteiger partial charge in [-0.3, -0.25) is 0 Å². The molecule has 0 atom stereocenters. The van der Waals surface area contributed by atoms with Crippen LogP contribution < -0.4 is 0 Å². The van der Waals surface area contributed by atoms with Gasteiger partial charge >= 0.3 is 16.5 Å². The molecule has 8 aromatic carbocycles. The van der Waals surface area contributed by atoms with E-state index in [-0.39, 0.29) is 46.2 Å². The third-order valence-electron chi connectivity index (χ3n) is 22.3.